The minimum absolute atomic E-state index is 0.171. The van der Waals surface area contributed by atoms with Crippen molar-refractivity contribution < 1.29 is 15.0 Å². The van der Waals surface area contributed by atoms with Crippen LogP contribution in [0.5, 0.6) is 0 Å². The van der Waals surface area contributed by atoms with Gasteiger partial charge in [-0.3, -0.25) is 4.79 Å². The highest BCUT2D eigenvalue weighted by Crippen LogP contribution is 2.10. The molecule has 1 heterocycles. The van der Waals surface area contributed by atoms with Crippen LogP contribution in [0.1, 0.15) is 19.3 Å². The second kappa shape index (κ2) is 6.05. The number of aliphatic hydroxyl groups is 1. The molecule has 0 aromatic rings. The summed E-state index contributed by atoms with van der Waals surface area (Å²) in [6, 6.07) is 0.467. The molecule has 5 heteroatoms. The lowest BCUT2D eigenvalue weighted by Crippen LogP contribution is -2.44. The van der Waals surface area contributed by atoms with E-state index < -0.39 is 12.1 Å². The summed E-state index contributed by atoms with van der Waals surface area (Å²) < 4.78 is 0. The van der Waals surface area contributed by atoms with Gasteiger partial charge < -0.3 is 20.4 Å². The maximum atomic E-state index is 10.4. The van der Waals surface area contributed by atoms with Gasteiger partial charge in [-0.15, -0.1) is 0 Å². The lowest BCUT2D eigenvalue weighted by molar-refractivity contribution is -0.139. The molecule has 0 aliphatic carbocycles. The van der Waals surface area contributed by atoms with Crippen LogP contribution in [0.15, 0.2) is 0 Å². The molecule has 0 amide bonds. The molecule has 88 valence electrons. The van der Waals surface area contributed by atoms with Gasteiger partial charge in [-0.25, -0.2) is 0 Å². The monoisotopic (exact) mass is 216 g/mol. The standard InChI is InChI=1S/C10H20N2O3/c1-12(7-9(13)6-10(14)15)8-2-4-11-5-3-8/h8-9,11,13H,2-7H2,1H3,(H,14,15). The Bertz CT molecular complexity index is 205. The van der Waals surface area contributed by atoms with Gasteiger partial charge in [0.25, 0.3) is 0 Å². The first-order valence-corrected chi connectivity index (χ1v) is 5.40. The van der Waals surface area contributed by atoms with Crippen molar-refractivity contribution in [2.24, 2.45) is 0 Å². The third-order valence-corrected chi connectivity index (χ3v) is 2.84. The molecule has 0 bridgehead atoms. The molecule has 1 unspecified atom stereocenters. The van der Waals surface area contributed by atoms with Gasteiger partial charge in [-0.2, -0.15) is 0 Å². The number of aliphatic hydroxyl groups excluding tert-OH is 1. The Labute approximate surface area is 90.1 Å². The summed E-state index contributed by atoms with van der Waals surface area (Å²) in [5, 5.41) is 21.3. The molecule has 1 aliphatic heterocycles. The number of hydrogen-bond donors (Lipinski definition) is 3. The van der Waals surface area contributed by atoms with Gasteiger partial charge in [0.15, 0.2) is 0 Å². The summed E-state index contributed by atoms with van der Waals surface area (Å²) in [5.41, 5.74) is 0. The molecule has 0 saturated carbocycles. The Morgan fingerprint density at radius 1 is 1.53 bits per heavy atom. The van der Waals surface area contributed by atoms with Crippen LogP contribution in [-0.4, -0.2) is 59.9 Å². The van der Waals surface area contributed by atoms with Gasteiger partial charge in [0.2, 0.25) is 0 Å². The lowest BCUT2D eigenvalue weighted by atomic mass is 10.0. The topological polar surface area (TPSA) is 72.8 Å². The van der Waals surface area contributed by atoms with Gasteiger partial charge >= 0.3 is 5.97 Å². The summed E-state index contributed by atoms with van der Waals surface area (Å²) in [7, 11) is 1.95. The van der Waals surface area contributed by atoms with Gasteiger partial charge in [-0.1, -0.05) is 0 Å². The summed E-state index contributed by atoms with van der Waals surface area (Å²) in [6.45, 7) is 2.45. The van der Waals surface area contributed by atoms with Crippen molar-refractivity contribution in [3.63, 3.8) is 0 Å². The minimum atomic E-state index is -0.943. The van der Waals surface area contributed by atoms with Crippen LogP contribution in [0.3, 0.4) is 0 Å². The number of carboxylic acid groups (broad SMARTS) is 1. The normalized spacial score (nSPS) is 20.5. The molecule has 3 N–H and O–H groups in total. The first kappa shape index (κ1) is 12.4. The van der Waals surface area contributed by atoms with Crippen molar-refractivity contribution in [1.82, 2.24) is 10.2 Å². The van der Waals surface area contributed by atoms with E-state index in [0.717, 1.165) is 25.9 Å². The van der Waals surface area contributed by atoms with E-state index in [-0.39, 0.29) is 6.42 Å². The molecule has 5 nitrogen and oxygen atoms in total. The second-order valence-corrected chi connectivity index (χ2v) is 4.17. The van der Waals surface area contributed by atoms with Crippen LogP contribution in [0, 0.1) is 0 Å². The van der Waals surface area contributed by atoms with E-state index in [0.29, 0.717) is 12.6 Å². The van der Waals surface area contributed by atoms with E-state index in [9.17, 15) is 9.90 Å². The number of nitrogens with one attached hydrogen (secondary N) is 1. The average Bonchev–Trinajstić information content (AvgIpc) is 2.17. The molecule has 1 atom stereocenters. The van der Waals surface area contributed by atoms with Crippen molar-refractivity contribution in [1.29, 1.82) is 0 Å². The quantitative estimate of drug-likeness (QED) is 0.578. The predicted octanol–water partition coefficient (Wildman–Crippen LogP) is -0.494. The van der Waals surface area contributed by atoms with Crippen molar-refractivity contribution in [3.05, 3.63) is 0 Å². The van der Waals surface area contributed by atoms with Gasteiger partial charge in [0.05, 0.1) is 12.5 Å². The van der Waals surface area contributed by atoms with Crippen LogP contribution >= 0.6 is 0 Å². The Morgan fingerprint density at radius 3 is 2.67 bits per heavy atom. The van der Waals surface area contributed by atoms with Crippen molar-refractivity contribution >= 4 is 5.97 Å². The molecule has 1 saturated heterocycles. The Morgan fingerprint density at radius 2 is 2.13 bits per heavy atom. The zero-order valence-electron chi connectivity index (χ0n) is 9.15. The fraction of sp³-hybridized carbons (Fsp3) is 0.900. The number of carboxylic acids is 1. The van der Waals surface area contributed by atoms with Crippen LogP contribution in [-0.2, 0) is 4.79 Å². The first-order chi connectivity index (χ1) is 7.09. The van der Waals surface area contributed by atoms with E-state index in [1.54, 1.807) is 0 Å². The highest BCUT2D eigenvalue weighted by molar-refractivity contribution is 5.67. The molecule has 0 spiro atoms. The fourth-order valence-electron chi connectivity index (χ4n) is 2.00. The zero-order chi connectivity index (χ0) is 11.3. The number of rotatable bonds is 5. The Hall–Kier alpha value is -0.650. The van der Waals surface area contributed by atoms with E-state index in [1.807, 2.05) is 7.05 Å². The molecular formula is C10H20N2O3. The van der Waals surface area contributed by atoms with E-state index in [1.165, 1.54) is 0 Å². The summed E-state index contributed by atoms with van der Waals surface area (Å²) >= 11 is 0. The third kappa shape index (κ3) is 4.59. The van der Waals surface area contributed by atoms with Gasteiger partial charge in [0.1, 0.15) is 0 Å². The predicted molar refractivity (Wildman–Crippen MR) is 56.8 cm³/mol. The van der Waals surface area contributed by atoms with E-state index >= 15 is 0 Å². The number of carbonyl (C=O) groups is 1. The molecule has 1 fully saturated rings. The number of hydrogen-bond acceptors (Lipinski definition) is 4. The smallest absolute Gasteiger partial charge is 0.306 e. The van der Waals surface area contributed by atoms with Crippen LogP contribution < -0.4 is 5.32 Å². The van der Waals surface area contributed by atoms with Crippen LogP contribution in [0.2, 0.25) is 0 Å². The largest absolute Gasteiger partial charge is 0.481 e. The number of likely N-dealkylation sites (N-methyl/N-ethyl adjacent to an activating group) is 1. The molecule has 1 rings (SSSR count). The zero-order valence-corrected chi connectivity index (χ0v) is 9.15. The lowest BCUT2D eigenvalue weighted by Gasteiger charge is -2.32. The number of aliphatic carboxylic acids is 1. The molecule has 15 heavy (non-hydrogen) atoms. The maximum absolute atomic E-state index is 10.4. The van der Waals surface area contributed by atoms with Crippen LogP contribution in [0.4, 0.5) is 0 Å². The van der Waals surface area contributed by atoms with Gasteiger partial charge in [-0.05, 0) is 33.0 Å². The average molecular weight is 216 g/mol. The van der Waals surface area contributed by atoms with E-state index in [2.05, 4.69) is 10.2 Å². The van der Waals surface area contributed by atoms with Crippen molar-refractivity contribution in [2.75, 3.05) is 26.7 Å². The minimum Gasteiger partial charge on any atom is -0.481 e. The Balaban J connectivity index is 2.26. The molecule has 0 radical (unpaired) electrons. The molecule has 0 aromatic heterocycles. The fourth-order valence-corrected chi connectivity index (χ4v) is 2.00. The summed E-state index contributed by atoms with van der Waals surface area (Å²) in [4.78, 5) is 12.4. The van der Waals surface area contributed by atoms with Crippen molar-refractivity contribution in [2.45, 2.75) is 31.4 Å². The highest BCUT2D eigenvalue weighted by atomic mass is 16.4. The number of nitrogens with zero attached hydrogens (tertiary/aromatic N) is 1. The third-order valence-electron chi connectivity index (χ3n) is 2.84. The number of piperidine rings is 1. The molecular weight excluding hydrogens is 196 g/mol. The SMILES string of the molecule is CN(CC(O)CC(=O)O)C1CCNCC1. The summed E-state index contributed by atoms with van der Waals surface area (Å²) in [5.74, 6) is -0.943. The van der Waals surface area contributed by atoms with Crippen LogP contribution in [0.25, 0.3) is 0 Å². The molecule has 0 aromatic carbocycles. The maximum Gasteiger partial charge on any atom is 0.306 e. The first-order valence-electron chi connectivity index (χ1n) is 5.40. The Kier molecular flexibility index (Phi) is 5.01. The second-order valence-electron chi connectivity index (χ2n) is 4.17. The van der Waals surface area contributed by atoms with Crippen molar-refractivity contribution in [3.8, 4) is 0 Å². The summed E-state index contributed by atoms with van der Waals surface area (Å²) in [6.07, 6.45) is 1.20. The molecule has 1 aliphatic rings. The van der Waals surface area contributed by atoms with E-state index in [4.69, 9.17) is 5.11 Å². The van der Waals surface area contributed by atoms with Gasteiger partial charge in [0, 0.05) is 12.6 Å². The highest BCUT2D eigenvalue weighted by Gasteiger charge is 2.20.